The van der Waals surface area contributed by atoms with E-state index in [0.29, 0.717) is 12.6 Å². The smallest absolute Gasteiger partial charge is 0.317 e. The fraction of sp³-hybridized carbons (Fsp3) is 0.688. The molecule has 0 unspecified atom stereocenters. The van der Waals surface area contributed by atoms with Gasteiger partial charge in [-0.05, 0) is 37.1 Å². The van der Waals surface area contributed by atoms with Crippen LogP contribution in [-0.4, -0.2) is 41.8 Å². The molecular formula is C16H24N2O2S. The predicted octanol–water partition coefficient (Wildman–Crippen LogP) is 2.73. The van der Waals surface area contributed by atoms with Crippen LogP contribution in [0.2, 0.25) is 0 Å². The first kappa shape index (κ1) is 14.9. The minimum atomic E-state index is -0.00520. The minimum Gasteiger partial charge on any atom is -0.395 e. The number of urea groups is 1. The largest absolute Gasteiger partial charge is 0.395 e. The SMILES string of the molecule is O=C(NCC1(c2cccs2)CCCC1)N(CCO)C1CC1. The van der Waals surface area contributed by atoms with Crippen LogP contribution in [-0.2, 0) is 5.41 Å². The van der Waals surface area contributed by atoms with Crippen LogP contribution >= 0.6 is 11.3 Å². The highest BCUT2D eigenvalue weighted by Crippen LogP contribution is 2.42. The summed E-state index contributed by atoms with van der Waals surface area (Å²) >= 11 is 1.80. The van der Waals surface area contributed by atoms with E-state index in [1.54, 1.807) is 16.2 Å². The molecule has 116 valence electrons. The molecule has 5 heteroatoms. The van der Waals surface area contributed by atoms with Gasteiger partial charge in [0.05, 0.1) is 6.61 Å². The van der Waals surface area contributed by atoms with Gasteiger partial charge in [-0.25, -0.2) is 4.79 Å². The summed E-state index contributed by atoms with van der Waals surface area (Å²) in [5.41, 5.74) is 0.137. The number of carbonyl (C=O) groups excluding carboxylic acids is 1. The molecule has 0 atom stereocenters. The number of nitrogens with one attached hydrogen (secondary N) is 1. The molecule has 0 spiro atoms. The number of rotatable bonds is 6. The second-order valence-corrected chi connectivity index (χ2v) is 7.22. The fourth-order valence-electron chi connectivity index (χ4n) is 3.43. The van der Waals surface area contributed by atoms with Crippen molar-refractivity contribution in [3.63, 3.8) is 0 Å². The van der Waals surface area contributed by atoms with E-state index in [0.717, 1.165) is 32.2 Å². The summed E-state index contributed by atoms with van der Waals surface area (Å²) in [6.07, 6.45) is 6.97. The highest BCUT2D eigenvalue weighted by atomic mass is 32.1. The lowest BCUT2D eigenvalue weighted by molar-refractivity contribution is 0.171. The zero-order valence-electron chi connectivity index (χ0n) is 12.4. The van der Waals surface area contributed by atoms with Crippen molar-refractivity contribution in [3.8, 4) is 0 Å². The van der Waals surface area contributed by atoms with Gasteiger partial charge >= 0.3 is 6.03 Å². The van der Waals surface area contributed by atoms with Gasteiger partial charge in [-0.15, -0.1) is 11.3 Å². The Bertz CT molecular complexity index is 465. The van der Waals surface area contributed by atoms with E-state index in [1.165, 1.54) is 17.7 Å². The summed E-state index contributed by atoms with van der Waals surface area (Å²) in [7, 11) is 0. The molecule has 0 aliphatic heterocycles. The molecule has 0 bridgehead atoms. The van der Waals surface area contributed by atoms with Gasteiger partial charge in [0, 0.05) is 29.4 Å². The van der Waals surface area contributed by atoms with E-state index < -0.39 is 0 Å². The molecule has 0 aromatic carbocycles. The molecule has 3 rings (SSSR count). The third-order valence-corrected chi connectivity index (χ3v) is 5.89. The van der Waals surface area contributed by atoms with Crippen molar-refractivity contribution in [2.45, 2.75) is 50.0 Å². The van der Waals surface area contributed by atoms with E-state index in [-0.39, 0.29) is 18.1 Å². The van der Waals surface area contributed by atoms with Crippen LogP contribution in [0.15, 0.2) is 17.5 Å². The molecule has 2 saturated carbocycles. The highest BCUT2D eigenvalue weighted by molar-refractivity contribution is 7.10. The predicted molar refractivity (Wildman–Crippen MR) is 84.7 cm³/mol. The number of carbonyl (C=O) groups is 1. The Morgan fingerprint density at radius 3 is 2.76 bits per heavy atom. The first-order valence-corrected chi connectivity index (χ1v) is 8.82. The van der Waals surface area contributed by atoms with Gasteiger partial charge in [0.15, 0.2) is 0 Å². The van der Waals surface area contributed by atoms with Crippen LogP contribution in [0.4, 0.5) is 4.79 Å². The van der Waals surface area contributed by atoms with Gasteiger partial charge in [0.2, 0.25) is 0 Å². The quantitative estimate of drug-likeness (QED) is 0.849. The topological polar surface area (TPSA) is 52.6 Å². The summed E-state index contributed by atoms with van der Waals surface area (Å²) in [4.78, 5) is 15.6. The number of aliphatic hydroxyl groups excluding tert-OH is 1. The van der Waals surface area contributed by atoms with Crippen LogP contribution in [0.25, 0.3) is 0 Å². The van der Waals surface area contributed by atoms with E-state index >= 15 is 0 Å². The standard InChI is InChI=1S/C16H24N2O2S/c19-10-9-18(13-5-6-13)15(20)17-12-16(7-1-2-8-16)14-4-3-11-21-14/h3-4,11,13,19H,1-2,5-10,12H2,(H,17,20). The lowest BCUT2D eigenvalue weighted by Crippen LogP contribution is -2.47. The molecular weight excluding hydrogens is 284 g/mol. The minimum absolute atomic E-state index is 0.00520. The van der Waals surface area contributed by atoms with E-state index in [2.05, 4.69) is 22.8 Å². The Morgan fingerprint density at radius 2 is 2.19 bits per heavy atom. The Labute approximate surface area is 130 Å². The van der Waals surface area contributed by atoms with Gasteiger partial charge in [-0.3, -0.25) is 0 Å². The molecule has 21 heavy (non-hydrogen) atoms. The lowest BCUT2D eigenvalue weighted by atomic mass is 9.84. The highest BCUT2D eigenvalue weighted by Gasteiger charge is 2.38. The molecule has 2 aliphatic carbocycles. The van der Waals surface area contributed by atoms with Gasteiger partial charge in [0.25, 0.3) is 0 Å². The number of aliphatic hydroxyl groups is 1. The number of thiophene rings is 1. The number of amides is 2. The van der Waals surface area contributed by atoms with Gasteiger partial charge < -0.3 is 15.3 Å². The van der Waals surface area contributed by atoms with Crippen molar-refractivity contribution in [2.24, 2.45) is 0 Å². The average molecular weight is 308 g/mol. The lowest BCUT2D eigenvalue weighted by Gasteiger charge is -2.30. The second kappa shape index (κ2) is 6.36. The molecule has 2 fully saturated rings. The Hall–Kier alpha value is -1.07. The maximum atomic E-state index is 12.4. The molecule has 2 amide bonds. The summed E-state index contributed by atoms with van der Waals surface area (Å²) in [6.45, 7) is 1.21. The van der Waals surface area contributed by atoms with Crippen molar-refractivity contribution < 1.29 is 9.90 Å². The number of hydrogen-bond acceptors (Lipinski definition) is 3. The first-order valence-electron chi connectivity index (χ1n) is 7.94. The van der Waals surface area contributed by atoms with Crippen molar-refractivity contribution in [2.75, 3.05) is 19.7 Å². The third-order valence-electron chi connectivity index (χ3n) is 4.77. The van der Waals surface area contributed by atoms with Crippen LogP contribution in [0, 0.1) is 0 Å². The van der Waals surface area contributed by atoms with Gasteiger partial charge in [-0.1, -0.05) is 18.9 Å². The summed E-state index contributed by atoms with van der Waals surface area (Å²) in [5, 5.41) is 14.4. The Morgan fingerprint density at radius 1 is 1.43 bits per heavy atom. The van der Waals surface area contributed by atoms with Crippen LogP contribution in [0.3, 0.4) is 0 Å². The normalized spacial score (nSPS) is 20.4. The monoisotopic (exact) mass is 308 g/mol. The van der Waals surface area contributed by atoms with E-state index in [4.69, 9.17) is 5.11 Å². The van der Waals surface area contributed by atoms with Crippen molar-refractivity contribution in [1.29, 1.82) is 0 Å². The Balaban J connectivity index is 1.63. The summed E-state index contributed by atoms with van der Waals surface area (Å²) in [6, 6.07) is 4.64. The zero-order valence-corrected chi connectivity index (χ0v) is 13.2. The summed E-state index contributed by atoms with van der Waals surface area (Å²) < 4.78 is 0. The van der Waals surface area contributed by atoms with Crippen molar-refractivity contribution in [3.05, 3.63) is 22.4 Å². The van der Waals surface area contributed by atoms with Gasteiger partial charge in [-0.2, -0.15) is 0 Å². The van der Waals surface area contributed by atoms with Crippen LogP contribution in [0.5, 0.6) is 0 Å². The molecule has 0 radical (unpaired) electrons. The summed E-state index contributed by atoms with van der Waals surface area (Å²) in [5.74, 6) is 0. The molecule has 2 aliphatic rings. The fourth-order valence-corrected chi connectivity index (χ4v) is 4.42. The number of hydrogen-bond donors (Lipinski definition) is 2. The number of nitrogens with zero attached hydrogens (tertiary/aromatic N) is 1. The van der Waals surface area contributed by atoms with Gasteiger partial charge in [0.1, 0.15) is 0 Å². The molecule has 1 aromatic rings. The zero-order chi connectivity index (χ0) is 14.7. The maximum Gasteiger partial charge on any atom is 0.317 e. The van der Waals surface area contributed by atoms with Crippen LogP contribution in [0.1, 0.15) is 43.4 Å². The van der Waals surface area contributed by atoms with E-state index in [9.17, 15) is 4.79 Å². The first-order chi connectivity index (χ1) is 10.2. The molecule has 2 N–H and O–H groups in total. The Kier molecular flexibility index (Phi) is 4.50. The third kappa shape index (κ3) is 3.24. The molecule has 0 saturated heterocycles. The second-order valence-electron chi connectivity index (χ2n) is 6.27. The van der Waals surface area contributed by atoms with Crippen LogP contribution < -0.4 is 5.32 Å². The molecule has 1 heterocycles. The van der Waals surface area contributed by atoms with E-state index in [1.807, 2.05) is 0 Å². The molecule has 1 aromatic heterocycles. The van der Waals surface area contributed by atoms with Crippen molar-refractivity contribution >= 4 is 17.4 Å². The molecule has 4 nitrogen and oxygen atoms in total. The maximum absolute atomic E-state index is 12.4. The van der Waals surface area contributed by atoms with Crippen molar-refractivity contribution in [1.82, 2.24) is 10.2 Å². The average Bonchev–Trinajstić information content (AvgIpc) is 2.99.